The van der Waals surface area contributed by atoms with Crippen LogP contribution in [0.15, 0.2) is 0 Å². The molecule has 1 rings (SSSR count). The maximum absolute atomic E-state index is 11.9. The lowest BCUT2D eigenvalue weighted by atomic mass is 9.99. The molecule has 2 N–H and O–H groups in total. The molecule has 0 aliphatic heterocycles. The van der Waals surface area contributed by atoms with Gasteiger partial charge in [0.15, 0.2) is 0 Å². The van der Waals surface area contributed by atoms with Gasteiger partial charge in [0.2, 0.25) is 0 Å². The number of halogens is 3. The van der Waals surface area contributed by atoms with Crippen molar-refractivity contribution in [3.05, 3.63) is 0 Å². The van der Waals surface area contributed by atoms with Crippen molar-refractivity contribution in [3.63, 3.8) is 0 Å². The molecule has 90 valence electrons. The molecule has 1 aliphatic rings. The van der Waals surface area contributed by atoms with Gasteiger partial charge in [0, 0.05) is 19.0 Å². The molecule has 0 saturated heterocycles. The Hall–Kier alpha value is -0.290. The SMILES string of the molecule is CC(O)(CCCC(F)(F)F)CNC1CC1. The van der Waals surface area contributed by atoms with Crippen molar-refractivity contribution in [1.29, 1.82) is 0 Å². The van der Waals surface area contributed by atoms with Gasteiger partial charge in [0.05, 0.1) is 5.60 Å². The van der Waals surface area contributed by atoms with E-state index in [9.17, 15) is 18.3 Å². The molecule has 2 nitrogen and oxygen atoms in total. The van der Waals surface area contributed by atoms with E-state index in [2.05, 4.69) is 5.32 Å². The molecule has 15 heavy (non-hydrogen) atoms. The average Bonchev–Trinajstić information content (AvgIpc) is 2.80. The van der Waals surface area contributed by atoms with Crippen molar-refractivity contribution in [1.82, 2.24) is 5.32 Å². The van der Waals surface area contributed by atoms with E-state index < -0.39 is 18.2 Å². The molecule has 1 fully saturated rings. The first-order valence-corrected chi connectivity index (χ1v) is 5.31. The van der Waals surface area contributed by atoms with Gasteiger partial charge in [-0.15, -0.1) is 0 Å². The number of hydrogen-bond acceptors (Lipinski definition) is 2. The summed E-state index contributed by atoms with van der Waals surface area (Å²) in [5, 5.41) is 12.9. The zero-order valence-electron chi connectivity index (χ0n) is 8.90. The fourth-order valence-electron chi connectivity index (χ4n) is 1.41. The molecular formula is C10H18F3NO. The van der Waals surface area contributed by atoms with E-state index in [4.69, 9.17) is 0 Å². The van der Waals surface area contributed by atoms with Gasteiger partial charge < -0.3 is 10.4 Å². The Bertz CT molecular complexity index is 199. The van der Waals surface area contributed by atoms with Crippen LogP contribution < -0.4 is 5.32 Å². The summed E-state index contributed by atoms with van der Waals surface area (Å²) in [6.07, 6.45) is -2.53. The molecular weight excluding hydrogens is 207 g/mol. The summed E-state index contributed by atoms with van der Waals surface area (Å²) >= 11 is 0. The summed E-state index contributed by atoms with van der Waals surface area (Å²) in [5.74, 6) is 0. The third-order valence-electron chi connectivity index (χ3n) is 2.52. The van der Waals surface area contributed by atoms with Gasteiger partial charge in [-0.1, -0.05) is 0 Å². The number of rotatable bonds is 6. The summed E-state index contributed by atoms with van der Waals surface area (Å²) in [6, 6.07) is 0.471. The summed E-state index contributed by atoms with van der Waals surface area (Å²) in [6.45, 7) is 1.97. The third-order valence-corrected chi connectivity index (χ3v) is 2.52. The zero-order chi connectivity index (χ0) is 11.5. The molecule has 0 heterocycles. The van der Waals surface area contributed by atoms with Crippen molar-refractivity contribution in [2.75, 3.05) is 6.54 Å². The van der Waals surface area contributed by atoms with Gasteiger partial charge in [0.1, 0.15) is 0 Å². The molecule has 0 aromatic heterocycles. The van der Waals surface area contributed by atoms with Crippen LogP contribution in [0.5, 0.6) is 0 Å². The highest BCUT2D eigenvalue weighted by atomic mass is 19.4. The molecule has 1 atom stereocenters. The Morgan fingerprint density at radius 3 is 2.33 bits per heavy atom. The predicted molar refractivity (Wildman–Crippen MR) is 51.6 cm³/mol. The number of aliphatic hydroxyl groups is 1. The van der Waals surface area contributed by atoms with Crippen molar-refractivity contribution >= 4 is 0 Å². The maximum atomic E-state index is 11.9. The van der Waals surface area contributed by atoms with Crippen LogP contribution >= 0.6 is 0 Å². The Balaban J connectivity index is 2.11. The van der Waals surface area contributed by atoms with Crippen LogP contribution in [0.3, 0.4) is 0 Å². The van der Waals surface area contributed by atoms with Crippen molar-refractivity contribution < 1.29 is 18.3 Å². The van der Waals surface area contributed by atoms with E-state index >= 15 is 0 Å². The molecule has 0 aromatic carbocycles. The zero-order valence-corrected chi connectivity index (χ0v) is 8.90. The van der Waals surface area contributed by atoms with Crippen molar-refractivity contribution in [3.8, 4) is 0 Å². The van der Waals surface area contributed by atoms with E-state index in [0.717, 1.165) is 12.8 Å². The highest BCUT2D eigenvalue weighted by Crippen LogP contribution is 2.25. The fraction of sp³-hybridized carbons (Fsp3) is 1.00. The highest BCUT2D eigenvalue weighted by molar-refractivity contribution is 4.85. The predicted octanol–water partition coefficient (Wildman–Crippen LogP) is 2.22. The smallest absolute Gasteiger partial charge is 0.389 e. The topological polar surface area (TPSA) is 32.3 Å². The molecule has 0 aromatic rings. The summed E-state index contributed by atoms with van der Waals surface area (Å²) in [4.78, 5) is 0. The minimum Gasteiger partial charge on any atom is -0.389 e. The maximum Gasteiger partial charge on any atom is 0.389 e. The monoisotopic (exact) mass is 225 g/mol. The average molecular weight is 225 g/mol. The quantitative estimate of drug-likeness (QED) is 0.726. The lowest BCUT2D eigenvalue weighted by Gasteiger charge is -2.24. The van der Waals surface area contributed by atoms with Crippen LogP contribution in [0.4, 0.5) is 13.2 Å². The van der Waals surface area contributed by atoms with Crippen LogP contribution in [-0.4, -0.2) is 29.5 Å². The first-order chi connectivity index (χ1) is 6.79. The lowest BCUT2D eigenvalue weighted by Crippen LogP contribution is -2.38. The van der Waals surface area contributed by atoms with Gasteiger partial charge in [-0.05, 0) is 32.6 Å². The largest absolute Gasteiger partial charge is 0.389 e. The van der Waals surface area contributed by atoms with Crippen molar-refractivity contribution in [2.45, 2.75) is 56.8 Å². The normalized spacial score (nSPS) is 21.4. The molecule has 5 heteroatoms. The standard InChI is InChI=1S/C10H18F3NO/c1-9(15,7-14-8-3-4-8)5-2-6-10(11,12)13/h8,14-15H,2-7H2,1H3. The Morgan fingerprint density at radius 1 is 1.27 bits per heavy atom. The van der Waals surface area contributed by atoms with E-state index in [1.807, 2.05) is 0 Å². The molecule has 0 spiro atoms. The van der Waals surface area contributed by atoms with E-state index in [0.29, 0.717) is 12.6 Å². The summed E-state index contributed by atoms with van der Waals surface area (Å²) < 4.78 is 35.6. The van der Waals surface area contributed by atoms with Gasteiger partial charge >= 0.3 is 6.18 Å². The molecule has 1 aliphatic carbocycles. The summed E-state index contributed by atoms with van der Waals surface area (Å²) in [5.41, 5.74) is -1.02. The summed E-state index contributed by atoms with van der Waals surface area (Å²) in [7, 11) is 0. The molecule has 0 amide bonds. The Morgan fingerprint density at radius 2 is 1.87 bits per heavy atom. The minimum atomic E-state index is -4.11. The lowest BCUT2D eigenvalue weighted by molar-refractivity contribution is -0.137. The Labute approximate surface area is 87.9 Å². The van der Waals surface area contributed by atoms with Gasteiger partial charge in [-0.3, -0.25) is 0 Å². The highest BCUT2D eigenvalue weighted by Gasteiger charge is 2.30. The van der Waals surface area contributed by atoms with Crippen molar-refractivity contribution in [2.24, 2.45) is 0 Å². The van der Waals surface area contributed by atoms with E-state index in [-0.39, 0.29) is 12.8 Å². The van der Waals surface area contributed by atoms with E-state index in [1.54, 1.807) is 6.92 Å². The molecule has 1 unspecified atom stereocenters. The number of alkyl halides is 3. The molecule has 0 bridgehead atoms. The minimum absolute atomic E-state index is 0.0111. The first kappa shape index (κ1) is 12.8. The second-order valence-electron chi connectivity index (χ2n) is 4.62. The number of nitrogens with one attached hydrogen (secondary N) is 1. The van der Waals surface area contributed by atoms with Gasteiger partial charge in [0.25, 0.3) is 0 Å². The second-order valence-corrected chi connectivity index (χ2v) is 4.62. The van der Waals surface area contributed by atoms with Gasteiger partial charge in [-0.25, -0.2) is 0 Å². The third kappa shape index (κ3) is 6.73. The van der Waals surface area contributed by atoms with Crippen LogP contribution in [0.25, 0.3) is 0 Å². The second kappa shape index (κ2) is 4.70. The molecule has 1 saturated carbocycles. The van der Waals surface area contributed by atoms with Crippen LogP contribution in [0.2, 0.25) is 0 Å². The Kier molecular flexibility index (Phi) is 4.00. The van der Waals surface area contributed by atoms with Crippen LogP contribution in [0.1, 0.15) is 39.0 Å². The van der Waals surface area contributed by atoms with Crippen LogP contribution in [-0.2, 0) is 0 Å². The first-order valence-electron chi connectivity index (χ1n) is 5.31. The van der Waals surface area contributed by atoms with Gasteiger partial charge in [-0.2, -0.15) is 13.2 Å². The van der Waals surface area contributed by atoms with Crippen LogP contribution in [0, 0.1) is 0 Å². The number of hydrogen-bond donors (Lipinski definition) is 2. The van der Waals surface area contributed by atoms with E-state index in [1.165, 1.54) is 0 Å². The fourth-order valence-corrected chi connectivity index (χ4v) is 1.41. The molecule has 0 radical (unpaired) electrons.